The van der Waals surface area contributed by atoms with Gasteiger partial charge in [0.2, 0.25) is 15.9 Å². The number of para-hydroxylation sites is 1. The van der Waals surface area contributed by atoms with Crippen molar-refractivity contribution in [2.24, 2.45) is 7.05 Å². The van der Waals surface area contributed by atoms with Crippen LogP contribution in [0.4, 0.5) is 5.69 Å². The van der Waals surface area contributed by atoms with E-state index < -0.39 is 16.0 Å². The molecule has 2 aromatic rings. The monoisotopic (exact) mass is 393 g/mol. The lowest BCUT2D eigenvalue weighted by Crippen LogP contribution is -2.27. The van der Waals surface area contributed by atoms with Crippen molar-refractivity contribution in [3.63, 3.8) is 0 Å². The SMILES string of the molecule is CCOC(=O)c1cc(S(=O)(=O)NCCC(=O)Nc2ccccc2C)cn1C. The van der Waals surface area contributed by atoms with E-state index in [4.69, 9.17) is 4.74 Å². The van der Waals surface area contributed by atoms with E-state index >= 15 is 0 Å². The lowest BCUT2D eigenvalue weighted by atomic mass is 10.2. The van der Waals surface area contributed by atoms with Crippen molar-refractivity contribution in [1.82, 2.24) is 9.29 Å². The second-order valence-electron chi connectivity index (χ2n) is 5.90. The van der Waals surface area contributed by atoms with Crippen LogP contribution in [0.25, 0.3) is 0 Å². The number of aryl methyl sites for hydroxylation is 2. The van der Waals surface area contributed by atoms with Gasteiger partial charge in [0.25, 0.3) is 0 Å². The third-order valence-electron chi connectivity index (χ3n) is 3.84. The fourth-order valence-corrected chi connectivity index (χ4v) is 3.50. The molecule has 0 bridgehead atoms. The lowest BCUT2D eigenvalue weighted by molar-refractivity contribution is -0.116. The Labute approximate surface area is 158 Å². The molecule has 0 saturated heterocycles. The van der Waals surface area contributed by atoms with Gasteiger partial charge in [0.05, 0.1) is 6.61 Å². The van der Waals surface area contributed by atoms with Crippen LogP contribution >= 0.6 is 0 Å². The molecule has 1 aromatic carbocycles. The fourth-order valence-electron chi connectivity index (χ4n) is 2.40. The van der Waals surface area contributed by atoms with Gasteiger partial charge in [0, 0.05) is 31.9 Å². The van der Waals surface area contributed by atoms with Gasteiger partial charge in [0.15, 0.2) is 0 Å². The predicted molar refractivity (Wildman–Crippen MR) is 101 cm³/mol. The van der Waals surface area contributed by atoms with Gasteiger partial charge in [-0.05, 0) is 31.5 Å². The van der Waals surface area contributed by atoms with Gasteiger partial charge in [-0.1, -0.05) is 18.2 Å². The van der Waals surface area contributed by atoms with Gasteiger partial charge in [-0.3, -0.25) is 4.79 Å². The number of aromatic nitrogens is 1. The summed E-state index contributed by atoms with van der Waals surface area (Å²) in [6.45, 7) is 3.67. The van der Waals surface area contributed by atoms with Crippen LogP contribution in [0.15, 0.2) is 41.4 Å². The molecule has 1 heterocycles. The van der Waals surface area contributed by atoms with E-state index in [2.05, 4.69) is 10.0 Å². The zero-order valence-corrected chi connectivity index (χ0v) is 16.3. The molecule has 0 saturated carbocycles. The van der Waals surface area contributed by atoms with E-state index in [0.717, 1.165) is 5.56 Å². The van der Waals surface area contributed by atoms with E-state index in [1.54, 1.807) is 20.0 Å². The molecule has 0 aliphatic rings. The molecule has 9 heteroatoms. The Morgan fingerprint density at radius 3 is 2.59 bits per heavy atom. The molecule has 8 nitrogen and oxygen atoms in total. The van der Waals surface area contributed by atoms with Crippen molar-refractivity contribution < 1.29 is 22.7 Å². The maximum atomic E-state index is 12.4. The van der Waals surface area contributed by atoms with Crippen LogP contribution in [-0.2, 0) is 26.6 Å². The smallest absolute Gasteiger partial charge is 0.354 e. The lowest BCUT2D eigenvalue weighted by Gasteiger charge is -2.08. The molecule has 1 amide bonds. The van der Waals surface area contributed by atoms with Crippen LogP contribution in [0.2, 0.25) is 0 Å². The van der Waals surface area contributed by atoms with Crippen LogP contribution in [-0.4, -0.2) is 38.0 Å². The number of ether oxygens (including phenoxy) is 1. The second-order valence-corrected chi connectivity index (χ2v) is 7.67. The Kier molecular flexibility index (Phi) is 6.75. The van der Waals surface area contributed by atoms with Gasteiger partial charge < -0.3 is 14.6 Å². The predicted octanol–water partition coefficient (Wildman–Crippen LogP) is 1.82. The Morgan fingerprint density at radius 1 is 1.22 bits per heavy atom. The molecule has 0 spiro atoms. The third-order valence-corrected chi connectivity index (χ3v) is 5.27. The highest BCUT2D eigenvalue weighted by Gasteiger charge is 2.21. The number of hydrogen-bond acceptors (Lipinski definition) is 5. The zero-order chi connectivity index (χ0) is 20.0. The standard InChI is InChI=1S/C18H23N3O5S/c1-4-26-18(23)16-11-14(12-21(16)3)27(24,25)19-10-9-17(22)20-15-8-6-5-7-13(15)2/h5-8,11-12,19H,4,9-10H2,1-3H3,(H,20,22). The molecule has 0 fully saturated rings. The Morgan fingerprint density at radius 2 is 1.93 bits per heavy atom. The molecule has 0 aliphatic carbocycles. The molecule has 1 aromatic heterocycles. The van der Waals surface area contributed by atoms with Crippen molar-refractivity contribution >= 4 is 27.6 Å². The molecule has 2 rings (SSSR count). The minimum absolute atomic E-state index is 0.0227. The normalized spacial score (nSPS) is 11.2. The number of hydrogen-bond donors (Lipinski definition) is 2. The first-order chi connectivity index (χ1) is 12.7. The van der Waals surface area contributed by atoms with Crippen LogP contribution in [0, 0.1) is 6.92 Å². The van der Waals surface area contributed by atoms with Crippen molar-refractivity contribution in [3.05, 3.63) is 47.8 Å². The Bertz CT molecular complexity index is 934. The van der Waals surface area contributed by atoms with Gasteiger partial charge >= 0.3 is 5.97 Å². The van der Waals surface area contributed by atoms with Gasteiger partial charge in [0.1, 0.15) is 10.6 Å². The number of sulfonamides is 1. The molecule has 0 aliphatic heterocycles. The summed E-state index contributed by atoms with van der Waals surface area (Å²) in [7, 11) is -2.29. The largest absolute Gasteiger partial charge is 0.461 e. The maximum Gasteiger partial charge on any atom is 0.354 e. The highest BCUT2D eigenvalue weighted by molar-refractivity contribution is 7.89. The van der Waals surface area contributed by atoms with Crippen LogP contribution < -0.4 is 10.0 Å². The van der Waals surface area contributed by atoms with Crippen molar-refractivity contribution in [2.45, 2.75) is 25.2 Å². The molecule has 0 atom stereocenters. The number of carbonyl (C=O) groups is 2. The summed E-state index contributed by atoms with van der Waals surface area (Å²) in [5.74, 6) is -0.897. The first kappa shape index (κ1) is 20.7. The van der Waals surface area contributed by atoms with Crippen molar-refractivity contribution in [2.75, 3.05) is 18.5 Å². The number of nitrogens with one attached hydrogen (secondary N) is 2. The quantitative estimate of drug-likeness (QED) is 0.666. The minimum atomic E-state index is -3.85. The summed E-state index contributed by atoms with van der Waals surface area (Å²) in [6.07, 6.45) is 1.30. The number of anilines is 1. The summed E-state index contributed by atoms with van der Waals surface area (Å²) in [5, 5.41) is 2.74. The molecule has 146 valence electrons. The number of esters is 1. The third kappa shape index (κ3) is 5.41. The topological polar surface area (TPSA) is 106 Å². The van der Waals surface area contributed by atoms with Crippen LogP contribution in [0.3, 0.4) is 0 Å². The summed E-state index contributed by atoms with van der Waals surface area (Å²) < 4.78 is 33.4. The van der Waals surface area contributed by atoms with E-state index in [-0.39, 0.29) is 36.1 Å². The van der Waals surface area contributed by atoms with Crippen LogP contribution in [0.5, 0.6) is 0 Å². The van der Waals surface area contributed by atoms with E-state index in [0.29, 0.717) is 5.69 Å². The Balaban J connectivity index is 1.95. The van der Waals surface area contributed by atoms with E-state index in [9.17, 15) is 18.0 Å². The highest BCUT2D eigenvalue weighted by Crippen LogP contribution is 2.15. The fraction of sp³-hybridized carbons (Fsp3) is 0.333. The zero-order valence-electron chi connectivity index (χ0n) is 15.5. The molecule has 2 N–H and O–H groups in total. The molecule has 0 radical (unpaired) electrons. The first-order valence-electron chi connectivity index (χ1n) is 8.43. The summed E-state index contributed by atoms with van der Waals surface area (Å²) in [6, 6.07) is 8.56. The number of nitrogens with zero attached hydrogens (tertiary/aromatic N) is 1. The van der Waals surface area contributed by atoms with Gasteiger partial charge in [-0.2, -0.15) is 0 Å². The number of rotatable bonds is 8. The molecular formula is C18H23N3O5S. The number of benzene rings is 1. The summed E-state index contributed by atoms with van der Waals surface area (Å²) in [5.41, 5.74) is 1.74. The van der Waals surface area contributed by atoms with Crippen LogP contribution in [0.1, 0.15) is 29.4 Å². The molecular weight excluding hydrogens is 370 g/mol. The minimum Gasteiger partial charge on any atom is -0.461 e. The Hall–Kier alpha value is -2.65. The number of carbonyl (C=O) groups excluding carboxylic acids is 2. The van der Waals surface area contributed by atoms with E-state index in [1.165, 1.54) is 16.8 Å². The molecule has 27 heavy (non-hydrogen) atoms. The highest BCUT2D eigenvalue weighted by atomic mass is 32.2. The maximum absolute atomic E-state index is 12.4. The molecule has 0 unspecified atom stereocenters. The van der Waals surface area contributed by atoms with Gasteiger partial charge in [-0.15, -0.1) is 0 Å². The number of amides is 1. The summed E-state index contributed by atoms with van der Waals surface area (Å²) in [4.78, 5) is 23.7. The first-order valence-corrected chi connectivity index (χ1v) is 9.91. The van der Waals surface area contributed by atoms with Crippen molar-refractivity contribution in [1.29, 1.82) is 0 Å². The van der Waals surface area contributed by atoms with Gasteiger partial charge in [-0.25, -0.2) is 17.9 Å². The average molecular weight is 393 g/mol. The second kappa shape index (κ2) is 8.83. The summed E-state index contributed by atoms with van der Waals surface area (Å²) >= 11 is 0. The average Bonchev–Trinajstić information content (AvgIpc) is 3.00. The van der Waals surface area contributed by atoms with E-state index in [1.807, 2.05) is 25.1 Å². The van der Waals surface area contributed by atoms with Crippen molar-refractivity contribution in [3.8, 4) is 0 Å².